The SMILES string of the molecule is Cn1c(=O)c(-c2cnc3[nH]ccc3c2)cn1CC(C)(C)O. The number of aliphatic hydroxyl groups is 1. The normalized spacial score (nSPS) is 12.2. The van der Waals surface area contributed by atoms with Crippen molar-refractivity contribution in [3.05, 3.63) is 41.1 Å². The molecule has 0 radical (unpaired) electrons. The molecule has 0 fully saturated rings. The van der Waals surface area contributed by atoms with Gasteiger partial charge in [0.05, 0.1) is 17.7 Å². The molecular formula is C15H18N4O2. The van der Waals surface area contributed by atoms with Gasteiger partial charge >= 0.3 is 0 Å². The molecule has 0 aromatic carbocycles. The largest absolute Gasteiger partial charge is 0.389 e. The molecule has 110 valence electrons. The van der Waals surface area contributed by atoms with Crippen molar-refractivity contribution in [2.75, 3.05) is 0 Å². The number of H-pyrrole nitrogens is 1. The molecule has 6 nitrogen and oxygen atoms in total. The van der Waals surface area contributed by atoms with E-state index in [9.17, 15) is 9.90 Å². The number of hydrogen-bond donors (Lipinski definition) is 2. The highest BCUT2D eigenvalue weighted by Crippen LogP contribution is 2.20. The fraction of sp³-hybridized carbons (Fsp3) is 0.333. The Morgan fingerprint density at radius 2 is 2.19 bits per heavy atom. The summed E-state index contributed by atoms with van der Waals surface area (Å²) in [5.74, 6) is 0. The molecule has 3 heterocycles. The summed E-state index contributed by atoms with van der Waals surface area (Å²) in [4.78, 5) is 19.7. The maximum Gasteiger partial charge on any atom is 0.274 e. The van der Waals surface area contributed by atoms with Crippen LogP contribution in [0.5, 0.6) is 0 Å². The Kier molecular flexibility index (Phi) is 2.98. The topological polar surface area (TPSA) is 75.8 Å². The van der Waals surface area contributed by atoms with Crippen molar-refractivity contribution in [1.29, 1.82) is 0 Å². The standard InChI is InChI=1S/C15H18N4O2/c1-15(2,21)9-19-8-12(14(20)18(19)3)11-6-10-4-5-16-13(10)17-7-11/h4-8,21H,9H2,1-3H3,(H,16,17). The highest BCUT2D eigenvalue weighted by Gasteiger charge is 2.18. The van der Waals surface area contributed by atoms with Gasteiger partial charge in [-0.05, 0) is 26.0 Å². The average molecular weight is 286 g/mol. The van der Waals surface area contributed by atoms with Gasteiger partial charge in [-0.15, -0.1) is 0 Å². The van der Waals surface area contributed by atoms with Crippen LogP contribution < -0.4 is 5.56 Å². The molecule has 0 amide bonds. The van der Waals surface area contributed by atoms with Gasteiger partial charge in [-0.25, -0.2) is 4.98 Å². The molecule has 0 aliphatic carbocycles. The third kappa shape index (κ3) is 2.50. The number of hydrogen-bond acceptors (Lipinski definition) is 3. The molecule has 3 rings (SSSR count). The number of pyridine rings is 1. The lowest BCUT2D eigenvalue weighted by Gasteiger charge is -2.19. The molecule has 0 atom stereocenters. The summed E-state index contributed by atoms with van der Waals surface area (Å²) >= 11 is 0. The summed E-state index contributed by atoms with van der Waals surface area (Å²) in [6.45, 7) is 3.77. The smallest absolute Gasteiger partial charge is 0.274 e. The number of nitrogens with zero attached hydrogens (tertiary/aromatic N) is 3. The maximum atomic E-state index is 12.4. The number of rotatable bonds is 3. The minimum absolute atomic E-state index is 0.101. The van der Waals surface area contributed by atoms with Crippen LogP contribution in [0.4, 0.5) is 0 Å². The molecule has 6 heteroatoms. The lowest BCUT2D eigenvalue weighted by atomic mass is 10.1. The van der Waals surface area contributed by atoms with Crippen molar-refractivity contribution in [2.24, 2.45) is 7.05 Å². The zero-order chi connectivity index (χ0) is 15.2. The van der Waals surface area contributed by atoms with Crippen LogP contribution in [0.2, 0.25) is 0 Å². The lowest BCUT2D eigenvalue weighted by molar-refractivity contribution is 0.0540. The Balaban J connectivity index is 2.10. The van der Waals surface area contributed by atoms with Crippen molar-refractivity contribution in [3.63, 3.8) is 0 Å². The van der Waals surface area contributed by atoms with Crippen LogP contribution in [-0.4, -0.2) is 30.0 Å². The summed E-state index contributed by atoms with van der Waals surface area (Å²) in [5.41, 5.74) is 1.17. The van der Waals surface area contributed by atoms with Gasteiger partial charge in [-0.2, -0.15) is 0 Å². The first kappa shape index (κ1) is 13.6. The number of nitrogens with one attached hydrogen (secondary N) is 1. The molecule has 0 aliphatic rings. The molecule has 3 aromatic rings. The van der Waals surface area contributed by atoms with Gasteiger partial charge in [0.1, 0.15) is 5.65 Å². The summed E-state index contributed by atoms with van der Waals surface area (Å²) < 4.78 is 3.23. The lowest BCUT2D eigenvalue weighted by Crippen LogP contribution is -2.30. The predicted molar refractivity (Wildman–Crippen MR) is 81.1 cm³/mol. The number of aromatic nitrogens is 4. The van der Waals surface area contributed by atoms with E-state index in [4.69, 9.17) is 0 Å². The summed E-state index contributed by atoms with van der Waals surface area (Å²) in [5, 5.41) is 10.9. The van der Waals surface area contributed by atoms with Crippen LogP contribution in [0.15, 0.2) is 35.5 Å². The molecule has 0 unspecified atom stereocenters. The van der Waals surface area contributed by atoms with Crippen LogP contribution in [0, 0.1) is 0 Å². The molecule has 21 heavy (non-hydrogen) atoms. The van der Waals surface area contributed by atoms with E-state index in [0.717, 1.165) is 16.6 Å². The van der Waals surface area contributed by atoms with Crippen molar-refractivity contribution in [3.8, 4) is 11.1 Å². The second-order valence-corrected chi connectivity index (χ2v) is 5.92. The van der Waals surface area contributed by atoms with Gasteiger partial charge in [0.25, 0.3) is 5.56 Å². The van der Waals surface area contributed by atoms with E-state index in [1.54, 1.807) is 38.0 Å². The second-order valence-electron chi connectivity index (χ2n) is 5.92. The zero-order valence-corrected chi connectivity index (χ0v) is 12.3. The minimum atomic E-state index is -0.886. The van der Waals surface area contributed by atoms with E-state index in [1.807, 2.05) is 18.3 Å². The van der Waals surface area contributed by atoms with Gasteiger partial charge in [-0.1, -0.05) is 0 Å². The van der Waals surface area contributed by atoms with Crippen molar-refractivity contribution in [2.45, 2.75) is 26.0 Å². The Morgan fingerprint density at radius 3 is 2.90 bits per heavy atom. The number of fused-ring (bicyclic) bond motifs is 1. The Bertz CT molecular complexity index is 849. The van der Waals surface area contributed by atoms with E-state index in [2.05, 4.69) is 9.97 Å². The summed E-state index contributed by atoms with van der Waals surface area (Å²) in [6, 6.07) is 3.86. The fourth-order valence-corrected chi connectivity index (χ4v) is 2.42. The first-order valence-corrected chi connectivity index (χ1v) is 6.77. The molecular weight excluding hydrogens is 268 g/mol. The molecule has 2 N–H and O–H groups in total. The van der Waals surface area contributed by atoms with Crippen molar-refractivity contribution in [1.82, 2.24) is 19.3 Å². The van der Waals surface area contributed by atoms with Crippen LogP contribution in [0.25, 0.3) is 22.2 Å². The highest BCUT2D eigenvalue weighted by atomic mass is 16.3. The first-order chi connectivity index (χ1) is 9.85. The predicted octanol–water partition coefficient (Wildman–Crippen LogP) is 1.50. The average Bonchev–Trinajstić information content (AvgIpc) is 2.96. The third-order valence-corrected chi connectivity index (χ3v) is 3.45. The Hall–Kier alpha value is -2.34. The van der Waals surface area contributed by atoms with Gasteiger partial charge < -0.3 is 10.1 Å². The molecule has 0 saturated heterocycles. The monoisotopic (exact) mass is 286 g/mol. The third-order valence-electron chi connectivity index (χ3n) is 3.45. The van der Waals surface area contributed by atoms with Gasteiger partial charge in [0, 0.05) is 36.6 Å². The Labute approximate surface area is 121 Å². The van der Waals surface area contributed by atoms with E-state index in [1.165, 1.54) is 4.68 Å². The van der Waals surface area contributed by atoms with Crippen molar-refractivity contribution >= 4 is 11.0 Å². The molecule has 0 bridgehead atoms. The van der Waals surface area contributed by atoms with E-state index >= 15 is 0 Å². The summed E-state index contributed by atoms with van der Waals surface area (Å²) in [6.07, 6.45) is 5.26. The Morgan fingerprint density at radius 1 is 1.43 bits per heavy atom. The number of aromatic amines is 1. The van der Waals surface area contributed by atoms with E-state index in [0.29, 0.717) is 12.1 Å². The van der Waals surface area contributed by atoms with Crippen LogP contribution in [-0.2, 0) is 13.6 Å². The van der Waals surface area contributed by atoms with Crippen LogP contribution >= 0.6 is 0 Å². The molecule has 0 aliphatic heterocycles. The molecule has 3 aromatic heterocycles. The minimum Gasteiger partial charge on any atom is -0.389 e. The highest BCUT2D eigenvalue weighted by molar-refractivity contribution is 5.80. The van der Waals surface area contributed by atoms with E-state index in [-0.39, 0.29) is 5.56 Å². The maximum absolute atomic E-state index is 12.4. The molecule has 0 saturated carbocycles. The van der Waals surface area contributed by atoms with Crippen LogP contribution in [0.3, 0.4) is 0 Å². The zero-order valence-electron chi connectivity index (χ0n) is 12.3. The van der Waals surface area contributed by atoms with Gasteiger partial charge in [0.15, 0.2) is 0 Å². The van der Waals surface area contributed by atoms with Crippen LogP contribution in [0.1, 0.15) is 13.8 Å². The summed E-state index contributed by atoms with van der Waals surface area (Å²) in [7, 11) is 1.69. The van der Waals surface area contributed by atoms with Crippen molar-refractivity contribution < 1.29 is 5.11 Å². The fourth-order valence-electron chi connectivity index (χ4n) is 2.42. The van der Waals surface area contributed by atoms with E-state index < -0.39 is 5.60 Å². The quantitative estimate of drug-likeness (QED) is 0.766. The van der Waals surface area contributed by atoms with Gasteiger partial charge in [-0.3, -0.25) is 14.2 Å². The second kappa shape index (κ2) is 4.60. The first-order valence-electron chi connectivity index (χ1n) is 6.77. The molecule has 0 spiro atoms. The van der Waals surface area contributed by atoms with Gasteiger partial charge in [0.2, 0.25) is 0 Å².